The maximum absolute atomic E-state index is 4.09. The molecule has 2 heterocycles. The van der Waals surface area contributed by atoms with Gasteiger partial charge >= 0.3 is 0 Å². The van der Waals surface area contributed by atoms with Crippen LogP contribution in [0.25, 0.3) is 0 Å². The van der Waals surface area contributed by atoms with Gasteiger partial charge in [0.1, 0.15) is 0 Å². The van der Waals surface area contributed by atoms with Crippen molar-refractivity contribution >= 4 is 0 Å². The summed E-state index contributed by atoms with van der Waals surface area (Å²) in [7, 11) is 0. The lowest BCUT2D eigenvalue weighted by atomic mass is 10.1. The van der Waals surface area contributed by atoms with Gasteiger partial charge in [-0.25, -0.2) is 4.98 Å². The van der Waals surface area contributed by atoms with E-state index in [0.29, 0.717) is 0 Å². The maximum atomic E-state index is 4.09. The summed E-state index contributed by atoms with van der Waals surface area (Å²) < 4.78 is 0. The molecule has 0 spiro atoms. The number of nitrogens with zero attached hydrogens (tertiary/aromatic N) is 2. The van der Waals surface area contributed by atoms with E-state index in [-0.39, 0.29) is 0 Å². The second kappa shape index (κ2) is 3.39. The molecule has 0 saturated carbocycles. The van der Waals surface area contributed by atoms with Crippen molar-refractivity contribution < 1.29 is 0 Å². The largest absolute Gasteiger partial charge is 0.348 e. The first-order valence-corrected chi connectivity index (χ1v) is 4.23. The van der Waals surface area contributed by atoms with Crippen molar-refractivity contribution in [1.29, 1.82) is 0 Å². The van der Waals surface area contributed by atoms with Crippen LogP contribution in [0.5, 0.6) is 0 Å². The van der Waals surface area contributed by atoms with Gasteiger partial charge in [0.15, 0.2) is 0 Å². The number of hydrogen-bond acceptors (Lipinski definition) is 2. The Bertz CT molecular complexity index is 379. The molecule has 0 aliphatic carbocycles. The fraction of sp³-hybridized carbons (Fsp3) is 0.200. The van der Waals surface area contributed by atoms with Crippen LogP contribution in [0, 0.1) is 6.92 Å². The summed E-state index contributed by atoms with van der Waals surface area (Å²) in [5.74, 6) is 0. The molecule has 66 valence electrons. The maximum Gasteiger partial charge on any atom is 0.0921 e. The Morgan fingerprint density at radius 1 is 1.31 bits per heavy atom. The van der Waals surface area contributed by atoms with Crippen LogP contribution in [0.4, 0.5) is 0 Å². The molecule has 0 atom stereocenters. The molecule has 0 aromatic carbocycles. The van der Waals surface area contributed by atoms with Gasteiger partial charge in [-0.1, -0.05) is 0 Å². The third kappa shape index (κ3) is 1.75. The van der Waals surface area contributed by atoms with Crippen LogP contribution in [0.3, 0.4) is 0 Å². The SMILES string of the molecule is Cc1ccncc1Cc1cnc[nH]1. The van der Waals surface area contributed by atoms with Crippen molar-refractivity contribution in [3.8, 4) is 0 Å². The van der Waals surface area contributed by atoms with Crippen LogP contribution in [0.15, 0.2) is 31.0 Å². The number of nitrogens with one attached hydrogen (secondary N) is 1. The molecular formula is C10H11N3. The van der Waals surface area contributed by atoms with Crippen molar-refractivity contribution in [2.24, 2.45) is 0 Å². The average Bonchev–Trinajstić information content (AvgIpc) is 2.61. The number of hydrogen-bond donors (Lipinski definition) is 1. The minimum absolute atomic E-state index is 0.875. The van der Waals surface area contributed by atoms with Crippen LogP contribution >= 0.6 is 0 Å². The molecule has 3 nitrogen and oxygen atoms in total. The molecule has 3 heteroatoms. The summed E-state index contributed by atoms with van der Waals surface area (Å²) >= 11 is 0. The molecule has 0 saturated heterocycles. The van der Waals surface area contributed by atoms with Gasteiger partial charge in [-0.05, 0) is 24.1 Å². The van der Waals surface area contributed by atoms with Gasteiger partial charge in [0.2, 0.25) is 0 Å². The van der Waals surface area contributed by atoms with E-state index in [4.69, 9.17) is 0 Å². The molecule has 0 unspecified atom stereocenters. The minimum Gasteiger partial charge on any atom is -0.348 e. The summed E-state index contributed by atoms with van der Waals surface area (Å²) in [6.07, 6.45) is 8.12. The van der Waals surface area contributed by atoms with Crippen LogP contribution in [-0.4, -0.2) is 15.0 Å². The van der Waals surface area contributed by atoms with Gasteiger partial charge in [-0.2, -0.15) is 0 Å². The third-order valence-electron chi connectivity index (χ3n) is 2.08. The van der Waals surface area contributed by atoms with E-state index in [2.05, 4.69) is 21.9 Å². The lowest BCUT2D eigenvalue weighted by Gasteiger charge is -2.01. The number of aryl methyl sites for hydroxylation is 1. The Balaban J connectivity index is 2.24. The van der Waals surface area contributed by atoms with Crippen molar-refractivity contribution in [3.05, 3.63) is 47.8 Å². The van der Waals surface area contributed by atoms with Gasteiger partial charge in [0.25, 0.3) is 0 Å². The first-order valence-electron chi connectivity index (χ1n) is 4.23. The van der Waals surface area contributed by atoms with E-state index in [9.17, 15) is 0 Å². The van der Waals surface area contributed by atoms with Crippen molar-refractivity contribution in [1.82, 2.24) is 15.0 Å². The molecule has 2 aromatic rings. The van der Waals surface area contributed by atoms with E-state index >= 15 is 0 Å². The Morgan fingerprint density at radius 3 is 2.92 bits per heavy atom. The van der Waals surface area contributed by atoms with E-state index in [1.807, 2.05) is 24.7 Å². The van der Waals surface area contributed by atoms with Crippen molar-refractivity contribution in [2.75, 3.05) is 0 Å². The normalized spacial score (nSPS) is 10.2. The van der Waals surface area contributed by atoms with Crippen LogP contribution in [-0.2, 0) is 6.42 Å². The lowest BCUT2D eigenvalue weighted by Crippen LogP contribution is -1.92. The summed E-state index contributed by atoms with van der Waals surface area (Å²) in [5, 5.41) is 0. The molecule has 2 aromatic heterocycles. The van der Waals surface area contributed by atoms with Gasteiger partial charge in [-0.15, -0.1) is 0 Å². The minimum atomic E-state index is 0.875. The van der Waals surface area contributed by atoms with Gasteiger partial charge in [0, 0.05) is 30.7 Å². The first kappa shape index (κ1) is 7.98. The molecule has 13 heavy (non-hydrogen) atoms. The lowest BCUT2D eigenvalue weighted by molar-refractivity contribution is 1.06. The zero-order chi connectivity index (χ0) is 9.10. The predicted molar refractivity (Wildman–Crippen MR) is 50.4 cm³/mol. The Morgan fingerprint density at radius 2 is 2.23 bits per heavy atom. The van der Waals surface area contributed by atoms with Crippen LogP contribution < -0.4 is 0 Å². The summed E-state index contributed by atoms with van der Waals surface area (Å²) in [6, 6.07) is 2.02. The predicted octanol–water partition coefficient (Wildman–Crippen LogP) is 1.70. The highest BCUT2D eigenvalue weighted by atomic mass is 14.9. The molecule has 2 rings (SSSR count). The molecular weight excluding hydrogens is 162 g/mol. The number of imidazole rings is 1. The van der Waals surface area contributed by atoms with E-state index in [0.717, 1.165) is 12.1 Å². The highest BCUT2D eigenvalue weighted by Crippen LogP contribution is 2.09. The van der Waals surface area contributed by atoms with E-state index in [1.165, 1.54) is 11.1 Å². The molecule has 0 amide bonds. The highest BCUT2D eigenvalue weighted by molar-refractivity contribution is 5.25. The average molecular weight is 173 g/mol. The van der Waals surface area contributed by atoms with Crippen molar-refractivity contribution in [3.63, 3.8) is 0 Å². The van der Waals surface area contributed by atoms with Gasteiger partial charge < -0.3 is 4.98 Å². The molecule has 0 aliphatic heterocycles. The van der Waals surface area contributed by atoms with Gasteiger partial charge in [0.05, 0.1) is 6.33 Å². The molecule has 0 radical (unpaired) electrons. The quantitative estimate of drug-likeness (QED) is 0.751. The molecule has 0 fully saturated rings. The fourth-order valence-electron chi connectivity index (χ4n) is 1.27. The van der Waals surface area contributed by atoms with Gasteiger partial charge in [-0.3, -0.25) is 4.98 Å². The second-order valence-corrected chi connectivity index (χ2v) is 3.06. The standard InChI is InChI=1S/C10H11N3/c1-8-2-3-11-5-9(8)4-10-6-12-7-13-10/h2-3,5-7H,4H2,1H3,(H,12,13). The third-order valence-corrected chi connectivity index (χ3v) is 2.08. The number of rotatable bonds is 2. The smallest absolute Gasteiger partial charge is 0.0921 e. The molecule has 1 N–H and O–H groups in total. The summed E-state index contributed by atoms with van der Waals surface area (Å²) in [5.41, 5.74) is 3.63. The van der Waals surface area contributed by atoms with Crippen LogP contribution in [0.1, 0.15) is 16.8 Å². The summed E-state index contributed by atoms with van der Waals surface area (Å²) in [4.78, 5) is 11.1. The highest BCUT2D eigenvalue weighted by Gasteiger charge is 1.99. The fourth-order valence-corrected chi connectivity index (χ4v) is 1.27. The second-order valence-electron chi connectivity index (χ2n) is 3.06. The van der Waals surface area contributed by atoms with E-state index < -0.39 is 0 Å². The Kier molecular flexibility index (Phi) is 2.08. The monoisotopic (exact) mass is 173 g/mol. The zero-order valence-electron chi connectivity index (χ0n) is 7.49. The first-order chi connectivity index (χ1) is 6.36. The number of aromatic amines is 1. The topological polar surface area (TPSA) is 41.6 Å². The number of H-pyrrole nitrogens is 1. The Labute approximate surface area is 76.9 Å². The number of pyridine rings is 1. The van der Waals surface area contributed by atoms with E-state index in [1.54, 1.807) is 6.33 Å². The number of aromatic nitrogens is 3. The molecule has 0 bridgehead atoms. The van der Waals surface area contributed by atoms with Crippen molar-refractivity contribution in [2.45, 2.75) is 13.3 Å². The zero-order valence-corrected chi connectivity index (χ0v) is 7.49. The molecule has 0 aliphatic rings. The Hall–Kier alpha value is -1.64. The summed E-state index contributed by atoms with van der Waals surface area (Å²) in [6.45, 7) is 2.09. The van der Waals surface area contributed by atoms with Crippen LogP contribution in [0.2, 0.25) is 0 Å².